The maximum Gasteiger partial charge on any atom is 0.138 e. The summed E-state index contributed by atoms with van der Waals surface area (Å²) < 4.78 is 16.8. The van der Waals surface area contributed by atoms with Crippen molar-refractivity contribution in [1.29, 1.82) is 0 Å². The Morgan fingerprint density at radius 3 is 1.07 bits per heavy atom. The molecule has 0 aliphatic rings. The first-order valence-electron chi connectivity index (χ1n) is 14.1. The van der Waals surface area contributed by atoms with Gasteiger partial charge in [-0.1, -0.05) is 126 Å². The number of hydrogen-bond donors (Lipinski definition) is 0. The van der Waals surface area contributed by atoms with Crippen molar-refractivity contribution in [3.05, 3.63) is 171 Å². The summed E-state index contributed by atoms with van der Waals surface area (Å²) in [7, 11) is -3.32. The third kappa shape index (κ3) is 5.12. The molecule has 0 radical (unpaired) electrons. The average molecular weight is 543 g/mol. The summed E-state index contributed by atoms with van der Waals surface area (Å²) in [6.07, 6.45) is 0. The van der Waals surface area contributed by atoms with Crippen LogP contribution in [0.15, 0.2) is 115 Å². The van der Waals surface area contributed by atoms with E-state index in [1.165, 1.54) is 44.5 Å². The van der Waals surface area contributed by atoms with E-state index >= 15 is 4.57 Å². The lowest BCUT2D eigenvalue weighted by Gasteiger charge is -2.38. The molecule has 0 N–H and O–H groups in total. The summed E-state index contributed by atoms with van der Waals surface area (Å²) in [5.74, 6) is 0. The SMILES string of the molecule is Cc1cc(C)c(C(c2ccccc2)P(=O)(c2ccccc2)C(c2ccccc2)c2c(C)cc(C)cc2C)c(C)c1. The highest BCUT2D eigenvalue weighted by Crippen LogP contribution is 2.72. The molecule has 0 aliphatic carbocycles. The van der Waals surface area contributed by atoms with Gasteiger partial charge in [0.05, 0.1) is 11.3 Å². The monoisotopic (exact) mass is 542 g/mol. The minimum atomic E-state index is -3.32. The Labute approximate surface area is 240 Å². The van der Waals surface area contributed by atoms with Gasteiger partial charge in [0.2, 0.25) is 0 Å². The summed E-state index contributed by atoms with van der Waals surface area (Å²) in [6.45, 7) is 13.0. The van der Waals surface area contributed by atoms with Crippen LogP contribution in [-0.2, 0) is 4.57 Å². The molecule has 2 atom stereocenters. The second-order valence-electron chi connectivity index (χ2n) is 11.3. The third-order valence-corrected chi connectivity index (χ3v) is 11.9. The summed E-state index contributed by atoms with van der Waals surface area (Å²) in [5.41, 5.74) is 11.1. The molecule has 0 fully saturated rings. The van der Waals surface area contributed by atoms with Gasteiger partial charge in [0.15, 0.2) is 0 Å². The largest absolute Gasteiger partial charge is 0.317 e. The van der Waals surface area contributed by atoms with Crippen LogP contribution in [0.1, 0.15) is 67.0 Å². The van der Waals surface area contributed by atoms with Gasteiger partial charge < -0.3 is 4.57 Å². The predicted octanol–water partition coefficient (Wildman–Crippen LogP) is 10.1. The molecule has 5 aromatic carbocycles. The van der Waals surface area contributed by atoms with Crippen LogP contribution in [0.3, 0.4) is 0 Å². The van der Waals surface area contributed by atoms with Gasteiger partial charge in [0.1, 0.15) is 7.14 Å². The van der Waals surface area contributed by atoms with E-state index in [9.17, 15) is 0 Å². The molecule has 2 unspecified atom stereocenters. The van der Waals surface area contributed by atoms with Gasteiger partial charge in [-0.15, -0.1) is 0 Å². The van der Waals surface area contributed by atoms with Crippen molar-refractivity contribution in [1.82, 2.24) is 0 Å². The Morgan fingerprint density at radius 2 is 0.750 bits per heavy atom. The number of hydrogen-bond acceptors (Lipinski definition) is 1. The lowest BCUT2D eigenvalue weighted by molar-refractivity contribution is 0.570. The van der Waals surface area contributed by atoms with Crippen molar-refractivity contribution in [3.8, 4) is 0 Å². The van der Waals surface area contributed by atoms with Crippen molar-refractivity contribution >= 4 is 12.4 Å². The molecule has 2 heteroatoms. The van der Waals surface area contributed by atoms with Crippen LogP contribution >= 0.6 is 7.14 Å². The number of rotatable bonds is 7. The zero-order valence-electron chi connectivity index (χ0n) is 24.5. The maximum absolute atomic E-state index is 16.8. The molecule has 0 spiro atoms. The maximum atomic E-state index is 16.8. The first-order chi connectivity index (χ1) is 19.2. The molecule has 5 aromatic rings. The zero-order valence-corrected chi connectivity index (χ0v) is 25.4. The summed E-state index contributed by atoms with van der Waals surface area (Å²) in [6, 6.07) is 40.3. The van der Waals surface area contributed by atoms with Crippen LogP contribution in [0, 0.1) is 41.5 Å². The van der Waals surface area contributed by atoms with Gasteiger partial charge in [-0.05, 0) is 86.1 Å². The van der Waals surface area contributed by atoms with E-state index < -0.39 is 7.14 Å². The van der Waals surface area contributed by atoms with Gasteiger partial charge >= 0.3 is 0 Å². The highest BCUT2D eigenvalue weighted by Gasteiger charge is 2.47. The molecule has 0 amide bonds. The van der Waals surface area contributed by atoms with Crippen molar-refractivity contribution in [2.45, 2.75) is 52.9 Å². The first-order valence-corrected chi connectivity index (χ1v) is 16.0. The van der Waals surface area contributed by atoms with Crippen LogP contribution in [0.25, 0.3) is 0 Å². The van der Waals surface area contributed by atoms with Gasteiger partial charge in [-0.25, -0.2) is 0 Å². The molecule has 0 saturated carbocycles. The van der Waals surface area contributed by atoms with Crippen LogP contribution in [0.5, 0.6) is 0 Å². The molecule has 202 valence electrons. The Balaban J connectivity index is 1.97. The molecule has 0 saturated heterocycles. The number of benzene rings is 5. The van der Waals surface area contributed by atoms with E-state index in [-0.39, 0.29) is 11.3 Å². The van der Waals surface area contributed by atoms with E-state index in [4.69, 9.17) is 0 Å². The van der Waals surface area contributed by atoms with Crippen molar-refractivity contribution in [2.75, 3.05) is 0 Å². The molecular formula is C38H39OP. The van der Waals surface area contributed by atoms with Gasteiger partial charge in [-0.2, -0.15) is 0 Å². The fourth-order valence-corrected chi connectivity index (χ4v) is 11.1. The van der Waals surface area contributed by atoms with Gasteiger partial charge in [0, 0.05) is 5.30 Å². The summed E-state index contributed by atoms with van der Waals surface area (Å²) in [5, 5.41) is 0.913. The van der Waals surface area contributed by atoms with Crippen LogP contribution < -0.4 is 5.30 Å². The third-order valence-electron chi connectivity index (χ3n) is 8.18. The Bertz CT molecular complexity index is 1520. The lowest BCUT2D eigenvalue weighted by atomic mass is 9.93. The molecule has 0 bridgehead atoms. The molecule has 0 aromatic heterocycles. The summed E-state index contributed by atoms with van der Waals surface area (Å²) in [4.78, 5) is 0. The van der Waals surface area contributed by atoms with Crippen LogP contribution in [0.4, 0.5) is 0 Å². The second-order valence-corrected chi connectivity index (χ2v) is 14.3. The fourth-order valence-electron chi connectivity index (χ4n) is 6.78. The van der Waals surface area contributed by atoms with Gasteiger partial charge in [-0.3, -0.25) is 0 Å². The Morgan fingerprint density at radius 1 is 0.450 bits per heavy atom. The van der Waals surface area contributed by atoms with Crippen LogP contribution in [-0.4, -0.2) is 0 Å². The molecule has 40 heavy (non-hydrogen) atoms. The fraction of sp³-hybridized carbons (Fsp3) is 0.211. The minimum absolute atomic E-state index is 0.318. The van der Waals surface area contributed by atoms with E-state index in [1.807, 2.05) is 30.3 Å². The Kier molecular flexibility index (Phi) is 7.97. The predicted molar refractivity (Wildman–Crippen MR) is 172 cm³/mol. The molecule has 0 aliphatic heterocycles. The molecule has 5 rings (SSSR count). The quantitative estimate of drug-likeness (QED) is 0.187. The Hall–Kier alpha value is -3.67. The smallest absolute Gasteiger partial charge is 0.138 e. The normalized spacial score (nSPS) is 14.3. The lowest BCUT2D eigenvalue weighted by Crippen LogP contribution is -2.22. The molecule has 1 nitrogen and oxygen atoms in total. The second kappa shape index (κ2) is 11.4. The van der Waals surface area contributed by atoms with Crippen LogP contribution in [0.2, 0.25) is 0 Å². The topological polar surface area (TPSA) is 17.1 Å². The van der Waals surface area contributed by atoms with E-state index in [2.05, 4.69) is 126 Å². The average Bonchev–Trinajstić information content (AvgIpc) is 2.93. The molecule has 0 heterocycles. The van der Waals surface area contributed by atoms with Crippen molar-refractivity contribution < 1.29 is 4.57 Å². The van der Waals surface area contributed by atoms with E-state index in [0.29, 0.717) is 0 Å². The zero-order chi connectivity index (χ0) is 28.4. The highest BCUT2D eigenvalue weighted by atomic mass is 31.2. The van der Waals surface area contributed by atoms with Crippen molar-refractivity contribution in [3.63, 3.8) is 0 Å². The summed E-state index contributed by atoms with van der Waals surface area (Å²) >= 11 is 0. The van der Waals surface area contributed by atoms with E-state index in [0.717, 1.165) is 16.4 Å². The standard InChI is InChI=1S/C38H39OP/c1-26-22-28(3)35(29(4)23-26)37(32-16-10-7-11-17-32)40(39,34-20-14-9-15-21-34)38(33-18-12-8-13-19-33)36-30(5)24-27(2)25-31(36)6/h7-25,37-38H,1-6H3. The minimum Gasteiger partial charge on any atom is -0.317 e. The number of aryl methyl sites for hydroxylation is 6. The highest BCUT2D eigenvalue weighted by molar-refractivity contribution is 7.72. The first kappa shape index (κ1) is 27.9. The van der Waals surface area contributed by atoms with Gasteiger partial charge in [0.25, 0.3) is 0 Å². The van der Waals surface area contributed by atoms with E-state index in [1.54, 1.807) is 0 Å². The molecular weight excluding hydrogens is 503 g/mol. The van der Waals surface area contributed by atoms with Crippen molar-refractivity contribution in [2.24, 2.45) is 0 Å².